The van der Waals surface area contributed by atoms with Crippen molar-refractivity contribution in [3.05, 3.63) is 89.6 Å². The van der Waals surface area contributed by atoms with Gasteiger partial charge in [-0.25, -0.2) is 4.98 Å². The Morgan fingerprint density at radius 3 is 2.55 bits per heavy atom. The van der Waals surface area contributed by atoms with E-state index in [0.29, 0.717) is 41.9 Å². The van der Waals surface area contributed by atoms with Gasteiger partial charge in [-0.1, -0.05) is 54.2 Å². The summed E-state index contributed by atoms with van der Waals surface area (Å²) in [6.45, 7) is 4.12. The molecular weight excluding hydrogens is 442 g/mol. The Balaban J connectivity index is 1.32. The van der Waals surface area contributed by atoms with Crippen LogP contribution in [0, 0.1) is 0 Å². The van der Waals surface area contributed by atoms with Crippen LogP contribution in [-0.4, -0.2) is 52.6 Å². The molecule has 1 aliphatic heterocycles. The molecule has 0 unspecified atom stereocenters. The molecule has 2 heterocycles. The standard InChI is InChI=1S/C25H26F2N4OS/c26-25(27)33-22-10-4-8-20(16-22)24(32)31-14-12-30(13-15-31)18-21-9-5-11-28-23(21)29-17-19-6-2-1-3-7-19/h1-11,16,25H,12-15,17-18H2,(H,28,29). The zero-order valence-corrected chi connectivity index (χ0v) is 19.0. The van der Waals surface area contributed by atoms with E-state index in [1.807, 2.05) is 24.3 Å². The highest BCUT2D eigenvalue weighted by atomic mass is 32.2. The molecule has 0 bridgehead atoms. The van der Waals surface area contributed by atoms with Gasteiger partial charge >= 0.3 is 0 Å². The van der Waals surface area contributed by atoms with Gasteiger partial charge in [0.2, 0.25) is 0 Å². The summed E-state index contributed by atoms with van der Waals surface area (Å²) in [5.74, 6) is -1.75. The number of thioether (sulfide) groups is 1. The fraction of sp³-hybridized carbons (Fsp3) is 0.280. The number of rotatable bonds is 8. The van der Waals surface area contributed by atoms with Gasteiger partial charge in [-0.05, 0) is 29.8 Å². The minimum Gasteiger partial charge on any atom is -0.366 e. The Morgan fingerprint density at radius 1 is 1.00 bits per heavy atom. The number of hydrogen-bond acceptors (Lipinski definition) is 5. The van der Waals surface area contributed by atoms with Crippen LogP contribution in [0.15, 0.2) is 77.8 Å². The van der Waals surface area contributed by atoms with Gasteiger partial charge in [0.1, 0.15) is 5.82 Å². The van der Waals surface area contributed by atoms with Crippen molar-refractivity contribution in [1.82, 2.24) is 14.8 Å². The molecule has 0 spiro atoms. The van der Waals surface area contributed by atoms with Gasteiger partial charge in [0.25, 0.3) is 11.7 Å². The monoisotopic (exact) mass is 468 g/mol. The third kappa shape index (κ3) is 6.52. The molecule has 1 aliphatic rings. The van der Waals surface area contributed by atoms with Crippen molar-refractivity contribution in [2.24, 2.45) is 0 Å². The number of carbonyl (C=O) groups excluding carboxylic acids is 1. The molecule has 33 heavy (non-hydrogen) atoms. The minimum atomic E-state index is -2.50. The Kier molecular flexibility index (Phi) is 7.91. The number of anilines is 1. The lowest BCUT2D eigenvalue weighted by molar-refractivity contribution is 0.0628. The summed E-state index contributed by atoms with van der Waals surface area (Å²) < 4.78 is 25.3. The highest BCUT2D eigenvalue weighted by Crippen LogP contribution is 2.26. The van der Waals surface area contributed by atoms with Crippen molar-refractivity contribution >= 4 is 23.5 Å². The van der Waals surface area contributed by atoms with Gasteiger partial charge in [0, 0.05) is 61.5 Å². The van der Waals surface area contributed by atoms with E-state index in [-0.39, 0.29) is 5.91 Å². The number of nitrogens with zero attached hydrogens (tertiary/aromatic N) is 3. The van der Waals surface area contributed by atoms with Crippen LogP contribution in [-0.2, 0) is 13.1 Å². The van der Waals surface area contributed by atoms with Crippen LogP contribution in [0.4, 0.5) is 14.6 Å². The lowest BCUT2D eigenvalue weighted by Gasteiger charge is -2.35. The maximum Gasteiger partial charge on any atom is 0.288 e. The summed E-state index contributed by atoms with van der Waals surface area (Å²) in [6, 6.07) is 20.7. The third-order valence-electron chi connectivity index (χ3n) is 5.55. The van der Waals surface area contributed by atoms with E-state index in [1.54, 1.807) is 35.4 Å². The first-order valence-corrected chi connectivity index (χ1v) is 11.7. The summed E-state index contributed by atoms with van der Waals surface area (Å²) >= 11 is 0.458. The van der Waals surface area contributed by atoms with Crippen molar-refractivity contribution < 1.29 is 13.6 Å². The number of carbonyl (C=O) groups is 1. The number of nitrogens with one attached hydrogen (secondary N) is 1. The SMILES string of the molecule is O=C(c1cccc(SC(F)F)c1)N1CCN(Cc2cccnc2NCc2ccccc2)CC1. The molecule has 2 aromatic carbocycles. The maximum atomic E-state index is 12.9. The van der Waals surface area contributed by atoms with E-state index in [2.05, 4.69) is 33.4 Å². The van der Waals surface area contributed by atoms with Crippen molar-refractivity contribution in [3.8, 4) is 0 Å². The van der Waals surface area contributed by atoms with Crippen molar-refractivity contribution in [1.29, 1.82) is 0 Å². The molecule has 4 rings (SSSR count). The van der Waals surface area contributed by atoms with Crippen LogP contribution in [0.3, 0.4) is 0 Å². The Bertz CT molecular complexity index is 1060. The van der Waals surface area contributed by atoms with Crippen molar-refractivity contribution in [2.45, 2.75) is 23.7 Å². The number of piperazine rings is 1. The van der Waals surface area contributed by atoms with E-state index < -0.39 is 5.76 Å². The lowest BCUT2D eigenvalue weighted by Crippen LogP contribution is -2.48. The molecule has 1 N–H and O–H groups in total. The molecule has 1 fully saturated rings. The molecule has 0 saturated carbocycles. The topological polar surface area (TPSA) is 48.5 Å². The smallest absolute Gasteiger partial charge is 0.288 e. The quantitative estimate of drug-likeness (QED) is 0.473. The number of benzene rings is 2. The second-order valence-corrected chi connectivity index (χ2v) is 8.89. The average Bonchev–Trinajstić information content (AvgIpc) is 2.84. The van der Waals surface area contributed by atoms with E-state index in [1.165, 1.54) is 5.56 Å². The zero-order valence-electron chi connectivity index (χ0n) is 18.2. The van der Waals surface area contributed by atoms with E-state index in [9.17, 15) is 13.6 Å². The summed E-state index contributed by atoms with van der Waals surface area (Å²) in [6.07, 6.45) is 1.79. The second kappa shape index (κ2) is 11.2. The molecular formula is C25H26F2N4OS. The van der Waals surface area contributed by atoms with Crippen molar-refractivity contribution in [2.75, 3.05) is 31.5 Å². The molecule has 0 radical (unpaired) electrons. The van der Waals surface area contributed by atoms with E-state index >= 15 is 0 Å². The van der Waals surface area contributed by atoms with Crippen LogP contribution in [0.1, 0.15) is 21.5 Å². The summed E-state index contributed by atoms with van der Waals surface area (Å²) in [4.78, 5) is 21.9. The zero-order chi connectivity index (χ0) is 23.0. The van der Waals surface area contributed by atoms with Gasteiger partial charge in [-0.15, -0.1) is 0 Å². The fourth-order valence-electron chi connectivity index (χ4n) is 3.84. The largest absolute Gasteiger partial charge is 0.366 e. The number of amides is 1. The predicted octanol–water partition coefficient (Wildman–Crippen LogP) is 4.97. The molecule has 0 atom stereocenters. The Morgan fingerprint density at radius 2 is 1.79 bits per heavy atom. The summed E-state index contributed by atoms with van der Waals surface area (Å²) in [7, 11) is 0. The molecule has 8 heteroatoms. The van der Waals surface area contributed by atoms with Gasteiger partial charge in [-0.2, -0.15) is 8.78 Å². The summed E-state index contributed by atoms with van der Waals surface area (Å²) in [5, 5.41) is 3.43. The van der Waals surface area contributed by atoms with Gasteiger partial charge < -0.3 is 10.2 Å². The molecule has 1 amide bonds. The summed E-state index contributed by atoms with van der Waals surface area (Å²) in [5.41, 5.74) is 2.76. The van der Waals surface area contributed by atoms with Crippen LogP contribution >= 0.6 is 11.8 Å². The Labute approximate surface area is 196 Å². The molecule has 1 aromatic heterocycles. The number of halogens is 2. The first-order valence-electron chi connectivity index (χ1n) is 10.9. The first-order chi connectivity index (χ1) is 16.1. The molecule has 0 aliphatic carbocycles. The number of hydrogen-bond donors (Lipinski definition) is 1. The van der Waals surface area contributed by atoms with Crippen LogP contribution in [0.25, 0.3) is 0 Å². The highest BCUT2D eigenvalue weighted by Gasteiger charge is 2.23. The van der Waals surface area contributed by atoms with E-state index in [0.717, 1.165) is 31.0 Å². The molecule has 3 aromatic rings. The number of aromatic nitrogens is 1. The van der Waals surface area contributed by atoms with Crippen LogP contribution < -0.4 is 5.32 Å². The molecule has 172 valence electrons. The molecule has 5 nitrogen and oxygen atoms in total. The average molecular weight is 469 g/mol. The second-order valence-electron chi connectivity index (χ2n) is 7.82. The highest BCUT2D eigenvalue weighted by molar-refractivity contribution is 7.99. The van der Waals surface area contributed by atoms with E-state index in [4.69, 9.17) is 0 Å². The number of pyridine rings is 1. The van der Waals surface area contributed by atoms with Gasteiger partial charge in [0.05, 0.1) is 0 Å². The van der Waals surface area contributed by atoms with Gasteiger partial charge in [-0.3, -0.25) is 9.69 Å². The fourth-order valence-corrected chi connectivity index (χ4v) is 4.40. The van der Waals surface area contributed by atoms with Crippen molar-refractivity contribution in [3.63, 3.8) is 0 Å². The minimum absolute atomic E-state index is 0.113. The normalized spacial score (nSPS) is 14.5. The first kappa shape index (κ1) is 23.2. The lowest BCUT2D eigenvalue weighted by atomic mass is 10.1. The predicted molar refractivity (Wildman–Crippen MR) is 127 cm³/mol. The maximum absolute atomic E-state index is 12.9. The third-order valence-corrected chi connectivity index (χ3v) is 6.26. The van der Waals surface area contributed by atoms with Crippen LogP contribution in [0.2, 0.25) is 0 Å². The Hall–Kier alpha value is -2.97. The number of alkyl halides is 2. The van der Waals surface area contributed by atoms with Gasteiger partial charge in [0.15, 0.2) is 0 Å². The molecule has 1 saturated heterocycles. The van der Waals surface area contributed by atoms with Crippen LogP contribution in [0.5, 0.6) is 0 Å².